The van der Waals surface area contributed by atoms with Gasteiger partial charge in [0.05, 0.1) is 0 Å². The van der Waals surface area contributed by atoms with E-state index in [0.29, 0.717) is 25.3 Å². The van der Waals surface area contributed by atoms with E-state index in [-0.39, 0.29) is 18.3 Å². The molecule has 1 aromatic heterocycles. The highest BCUT2D eigenvalue weighted by atomic mass is 35.5. The van der Waals surface area contributed by atoms with Gasteiger partial charge in [0, 0.05) is 25.0 Å². The van der Waals surface area contributed by atoms with Crippen molar-refractivity contribution < 1.29 is 4.79 Å². The minimum absolute atomic E-state index is 0. The van der Waals surface area contributed by atoms with Gasteiger partial charge in [0.2, 0.25) is 0 Å². The molecule has 1 heterocycles. The highest BCUT2D eigenvalue weighted by Crippen LogP contribution is 2.08. The van der Waals surface area contributed by atoms with Crippen LogP contribution in [0.4, 0.5) is 0 Å². The second-order valence-corrected chi connectivity index (χ2v) is 4.40. The standard InChI is InChI=1S/C12H14N4OS.ClH/c13-6-7-16(8-10-4-2-1-3-5-10)12(17)11-9-18-15-14-11;/h1-5,9H,6-8,13H2;1H. The molecule has 0 fully saturated rings. The lowest BCUT2D eigenvalue weighted by molar-refractivity contribution is 0.0742. The molecule has 0 spiro atoms. The molecule has 0 aliphatic heterocycles. The monoisotopic (exact) mass is 298 g/mol. The van der Waals surface area contributed by atoms with Gasteiger partial charge in [0.25, 0.3) is 5.91 Å². The number of nitrogens with two attached hydrogens (primary N) is 1. The van der Waals surface area contributed by atoms with E-state index in [1.807, 2.05) is 30.3 Å². The summed E-state index contributed by atoms with van der Waals surface area (Å²) >= 11 is 1.17. The molecule has 0 radical (unpaired) electrons. The molecule has 102 valence electrons. The molecule has 2 N–H and O–H groups in total. The Morgan fingerprint density at radius 2 is 2.05 bits per heavy atom. The van der Waals surface area contributed by atoms with E-state index in [2.05, 4.69) is 9.59 Å². The minimum atomic E-state index is -0.127. The maximum absolute atomic E-state index is 12.2. The Bertz CT molecular complexity index is 492. The maximum Gasteiger partial charge on any atom is 0.275 e. The van der Waals surface area contributed by atoms with Crippen molar-refractivity contribution in [1.82, 2.24) is 14.5 Å². The summed E-state index contributed by atoms with van der Waals surface area (Å²) in [5.41, 5.74) is 7.00. The number of hydrogen-bond acceptors (Lipinski definition) is 5. The van der Waals surface area contributed by atoms with E-state index >= 15 is 0 Å². The lowest BCUT2D eigenvalue weighted by Gasteiger charge is -2.20. The van der Waals surface area contributed by atoms with Crippen LogP contribution in [0.3, 0.4) is 0 Å². The second kappa shape index (κ2) is 7.83. The van der Waals surface area contributed by atoms with Crippen LogP contribution in [0, 0.1) is 0 Å². The Labute approximate surface area is 122 Å². The molecule has 5 nitrogen and oxygen atoms in total. The first-order valence-electron chi connectivity index (χ1n) is 5.61. The molecular formula is C12H15ClN4OS. The van der Waals surface area contributed by atoms with Crippen LogP contribution in [-0.2, 0) is 6.54 Å². The van der Waals surface area contributed by atoms with E-state index in [0.717, 1.165) is 5.56 Å². The summed E-state index contributed by atoms with van der Waals surface area (Å²) in [5, 5.41) is 5.45. The summed E-state index contributed by atoms with van der Waals surface area (Å²) < 4.78 is 3.71. The van der Waals surface area contributed by atoms with Gasteiger partial charge in [-0.15, -0.1) is 17.5 Å². The Balaban J connectivity index is 0.00000180. The molecule has 1 amide bonds. The molecule has 0 saturated carbocycles. The van der Waals surface area contributed by atoms with Gasteiger partial charge in [-0.2, -0.15) is 0 Å². The molecule has 0 unspecified atom stereocenters. The van der Waals surface area contributed by atoms with Gasteiger partial charge in [0.1, 0.15) is 0 Å². The Kier molecular flexibility index (Phi) is 6.41. The van der Waals surface area contributed by atoms with E-state index in [1.54, 1.807) is 10.3 Å². The van der Waals surface area contributed by atoms with Crippen molar-refractivity contribution in [1.29, 1.82) is 0 Å². The lowest BCUT2D eigenvalue weighted by atomic mass is 10.2. The molecule has 0 atom stereocenters. The van der Waals surface area contributed by atoms with Crippen molar-refractivity contribution in [3.8, 4) is 0 Å². The summed E-state index contributed by atoms with van der Waals surface area (Å²) in [5.74, 6) is -0.127. The molecule has 2 aromatic rings. The number of benzene rings is 1. The number of hydrogen-bond donors (Lipinski definition) is 1. The SMILES string of the molecule is Cl.NCCN(Cc1ccccc1)C(=O)c1csnn1. The van der Waals surface area contributed by atoms with Crippen molar-refractivity contribution in [2.24, 2.45) is 5.73 Å². The third-order valence-electron chi connectivity index (χ3n) is 2.48. The first kappa shape index (κ1) is 15.6. The zero-order valence-corrected chi connectivity index (χ0v) is 11.9. The summed E-state index contributed by atoms with van der Waals surface area (Å²) in [6, 6.07) is 9.81. The molecule has 7 heteroatoms. The predicted molar refractivity (Wildman–Crippen MR) is 77.4 cm³/mol. The molecule has 0 bridgehead atoms. The smallest absolute Gasteiger partial charge is 0.275 e. The molecule has 1 aromatic carbocycles. The van der Waals surface area contributed by atoms with Crippen molar-refractivity contribution in [2.75, 3.05) is 13.1 Å². The van der Waals surface area contributed by atoms with Crippen molar-refractivity contribution >= 4 is 29.8 Å². The number of amides is 1. The van der Waals surface area contributed by atoms with Gasteiger partial charge in [0.15, 0.2) is 5.69 Å². The first-order chi connectivity index (χ1) is 8.81. The second-order valence-electron chi connectivity index (χ2n) is 3.79. The van der Waals surface area contributed by atoms with Crippen LogP contribution in [0.25, 0.3) is 0 Å². The van der Waals surface area contributed by atoms with Crippen molar-refractivity contribution in [3.05, 3.63) is 47.0 Å². The molecule has 19 heavy (non-hydrogen) atoms. The van der Waals surface area contributed by atoms with Crippen molar-refractivity contribution in [2.45, 2.75) is 6.54 Å². The van der Waals surface area contributed by atoms with E-state index in [1.165, 1.54) is 11.5 Å². The van der Waals surface area contributed by atoms with Crippen molar-refractivity contribution in [3.63, 3.8) is 0 Å². The van der Waals surface area contributed by atoms with Gasteiger partial charge in [-0.1, -0.05) is 34.8 Å². The summed E-state index contributed by atoms with van der Waals surface area (Å²) in [6.07, 6.45) is 0. The number of nitrogens with zero attached hydrogens (tertiary/aromatic N) is 3. The van der Waals surface area contributed by atoms with Gasteiger partial charge in [-0.3, -0.25) is 4.79 Å². The fraction of sp³-hybridized carbons (Fsp3) is 0.250. The van der Waals surface area contributed by atoms with Crippen LogP contribution in [0.5, 0.6) is 0 Å². The topological polar surface area (TPSA) is 72.1 Å². The first-order valence-corrected chi connectivity index (χ1v) is 6.45. The number of rotatable bonds is 5. The summed E-state index contributed by atoms with van der Waals surface area (Å²) in [7, 11) is 0. The van der Waals surface area contributed by atoms with Gasteiger partial charge in [-0.05, 0) is 17.1 Å². The number of carbonyl (C=O) groups is 1. The lowest BCUT2D eigenvalue weighted by Crippen LogP contribution is -2.35. The van der Waals surface area contributed by atoms with Crippen LogP contribution < -0.4 is 5.73 Å². The summed E-state index contributed by atoms with van der Waals surface area (Å²) in [6.45, 7) is 1.47. The fourth-order valence-electron chi connectivity index (χ4n) is 1.63. The zero-order valence-electron chi connectivity index (χ0n) is 10.2. The molecular weight excluding hydrogens is 284 g/mol. The maximum atomic E-state index is 12.2. The van der Waals surface area contributed by atoms with Gasteiger partial charge >= 0.3 is 0 Å². The van der Waals surface area contributed by atoms with Crippen LogP contribution in [0.2, 0.25) is 0 Å². The average molecular weight is 299 g/mol. The van der Waals surface area contributed by atoms with Gasteiger partial charge < -0.3 is 10.6 Å². The third-order valence-corrected chi connectivity index (χ3v) is 2.99. The quantitative estimate of drug-likeness (QED) is 0.909. The largest absolute Gasteiger partial charge is 0.332 e. The van der Waals surface area contributed by atoms with E-state index < -0.39 is 0 Å². The highest BCUT2D eigenvalue weighted by Gasteiger charge is 2.17. The number of aromatic nitrogens is 2. The van der Waals surface area contributed by atoms with E-state index in [4.69, 9.17) is 5.73 Å². The molecule has 0 saturated heterocycles. The van der Waals surface area contributed by atoms with Gasteiger partial charge in [-0.25, -0.2) is 0 Å². The van der Waals surface area contributed by atoms with Crippen LogP contribution in [-0.4, -0.2) is 33.5 Å². The normalized spacial score (nSPS) is 9.74. The van der Waals surface area contributed by atoms with Crippen LogP contribution >= 0.6 is 23.9 Å². The Morgan fingerprint density at radius 3 is 2.63 bits per heavy atom. The minimum Gasteiger partial charge on any atom is -0.332 e. The number of halogens is 1. The molecule has 0 aliphatic rings. The zero-order chi connectivity index (χ0) is 12.8. The summed E-state index contributed by atoms with van der Waals surface area (Å²) in [4.78, 5) is 13.9. The molecule has 2 rings (SSSR count). The predicted octanol–water partition coefficient (Wildman–Crippen LogP) is 1.56. The average Bonchev–Trinajstić information content (AvgIpc) is 2.92. The van der Waals surface area contributed by atoms with E-state index in [9.17, 15) is 4.79 Å². The Hall–Kier alpha value is -1.50. The van der Waals surface area contributed by atoms with Crippen LogP contribution in [0.1, 0.15) is 16.1 Å². The number of carbonyl (C=O) groups excluding carboxylic acids is 1. The third kappa shape index (κ3) is 4.27. The molecule has 0 aliphatic carbocycles. The highest BCUT2D eigenvalue weighted by molar-refractivity contribution is 7.03. The van der Waals surface area contributed by atoms with Crippen LogP contribution in [0.15, 0.2) is 35.7 Å². The Morgan fingerprint density at radius 1 is 1.32 bits per heavy atom. The fourth-order valence-corrected chi connectivity index (χ4v) is 2.06.